The number of nitrogens with zero attached hydrogens (tertiary/aromatic N) is 2. The molecule has 1 amide bonds. The SMILES string of the molecule is Cn1ccnc1[C@H](NC(=O)c1scc2c1OCCO2)c1ccccc1. The first-order valence-corrected chi connectivity index (χ1v) is 8.82. The lowest BCUT2D eigenvalue weighted by Gasteiger charge is -2.20. The van der Waals surface area contributed by atoms with Gasteiger partial charge in [-0.1, -0.05) is 30.3 Å². The number of benzene rings is 1. The largest absolute Gasteiger partial charge is 0.485 e. The lowest BCUT2D eigenvalue weighted by atomic mass is 10.1. The Hall–Kier alpha value is -2.80. The van der Waals surface area contributed by atoms with Gasteiger partial charge in [0, 0.05) is 24.8 Å². The molecule has 0 unspecified atom stereocenters. The van der Waals surface area contributed by atoms with Crippen LogP contribution in [0, 0.1) is 0 Å². The molecule has 0 spiro atoms. The molecule has 1 N–H and O–H groups in total. The standard InChI is InChI=1S/C18H17N3O3S/c1-21-8-7-19-17(21)14(12-5-3-2-4-6-12)20-18(22)16-15-13(11-25-16)23-9-10-24-15/h2-8,11,14H,9-10H2,1H3,(H,20,22)/t14-/m1/s1. The van der Waals surface area contributed by atoms with Crippen LogP contribution in [0.25, 0.3) is 0 Å². The van der Waals surface area contributed by atoms with Gasteiger partial charge in [-0.15, -0.1) is 11.3 Å². The van der Waals surface area contributed by atoms with Crippen molar-refractivity contribution < 1.29 is 14.3 Å². The van der Waals surface area contributed by atoms with E-state index in [2.05, 4.69) is 10.3 Å². The quantitative estimate of drug-likeness (QED) is 0.782. The van der Waals surface area contributed by atoms with Gasteiger partial charge in [-0.2, -0.15) is 0 Å². The molecule has 0 saturated heterocycles. The van der Waals surface area contributed by atoms with Gasteiger partial charge < -0.3 is 19.4 Å². The fourth-order valence-electron chi connectivity index (χ4n) is 2.81. The van der Waals surface area contributed by atoms with Gasteiger partial charge in [0.1, 0.15) is 30.0 Å². The molecule has 0 radical (unpaired) electrons. The van der Waals surface area contributed by atoms with Crippen molar-refractivity contribution in [2.75, 3.05) is 13.2 Å². The minimum Gasteiger partial charge on any atom is -0.485 e. The van der Waals surface area contributed by atoms with Crippen LogP contribution in [0.2, 0.25) is 0 Å². The van der Waals surface area contributed by atoms with E-state index in [0.29, 0.717) is 29.6 Å². The van der Waals surface area contributed by atoms with Crippen molar-refractivity contribution in [1.29, 1.82) is 0 Å². The van der Waals surface area contributed by atoms with Crippen LogP contribution in [0.4, 0.5) is 0 Å². The van der Waals surface area contributed by atoms with Crippen LogP contribution in [0.3, 0.4) is 0 Å². The molecule has 7 heteroatoms. The number of aromatic nitrogens is 2. The van der Waals surface area contributed by atoms with E-state index in [9.17, 15) is 4.79 Å². The van der Waals surface area contributed by atoms with Crippen LogP contribution in [0.15, 0.2) is 48.1 Å². The molecule has 128 valence electrons. The van der Waals surface area contributed by atoms with E-state index in [1.807, 2.05) is 53.5 Å². The molecule has 1 aliphatic rings. The molecule has 1 atom stereocenters. The number of carbonyl (C=O) groups excluding carboxylic acids is 1. The summed E-state index contributed by atoms with van der Waals surface area (Å²) in [6.07, 6.45) is 3.59. The van der Waals surface area contributed by atoms with E-state index in [4.69, 9.17) is 9.47 Å². The van der Waals surface area contributed by atoms with Crippen molar-refractivity contribution in [3.8, 4) is 11.5 Å². The Bertz CT molecular complexity index is 888. The predicted octanol–water partition coefficient (Wildman–Crippen LogP) is 2.77. The summed E-state index contributed by atoms with van der Waals surface area (Å²) >= 11 is 1.32. The molecule has 4 rings (SSSR count). The molecule has 1 aromatic carbocycles. The molecule has 6 nitrogen and oxygen atoms in total. The molecule has 0 bridgehead atoms. The summed E-state index contributed by atoms with van der Waals surface area (Å²) in [4.78, 5) is 17.8. The molecular formula is C18H17N3O3S. The van der Waals surface area contributed by atoms with Crippen LogP contribution >= 0.6 is 11.3 Å². The summed E-state index contributed by atoms with van der Waals surface area (Å²) in [6, 6.07) is 9.44. The van der Waals surface area contributed by atoms with Gasteiger partial charge in [-0.25, -0.2) is 4.98 Å². The average Bonchev–Trinajstić information content (AvgIpc) is 3.26. The van der Waals surface area contributed by atoms with E-state index in [0.717, 1.165) is 11.4 Å². The number of rotatable bonds is 4. The summed E-state index contributed by atoms with van der Waals surface area (Å²) in [5, 5.41) is 4.89. The molecule has 0 fully saturated rings. The number of ether oxygens (including phenoxy) is 2. The maximum Gasteiger partial charge on any atom is 0.266 e. The number of carbonyl (C=O) groups is 1. The molecule has 2 aromatic heterocycles. The number of imidazole rings is 1. The second-order valence-electron chi connectivity index (χ2n) is 5.67. The molecule has 0 aliphatic carbocycles. The zero-order valence-corrected chi connectivity index (χ0v) is 14.5. The second-order valence-corrected chi connectivity index (χ2v) is 6.55. The second kappa shape index (κ2) is 6.60. The summed E-state index contributed by atoms with van der Waals surface area (Å²) in [5.74, 6) is 1.73. The zero-order valence-electron chi connectivity index (χ0n) is 13.6. The Labute approximate surface area is 149 Å². The Kier molecular flexibility index (Phi) is 4.15. The van der Waals surface area contributed by atoms with Crippen LogP contribution in [-0.2, 0) is 7.05 Å². The number of fused-ring (bicyclic) bond motifs is 1. The first-order valence-electron chi connectivity index (χ1n) is 7.94. The molecule has 3 aromatic rings. The highest BCUT2D eigenvalue weighted by Gasteiger charge is 2.27. The molecule has 3 heterocycles. The van der Waals surface area contributed by atoms with E-state index in [1.165, 1.54) is 11.3 Å². The maximum atomic E-state index is 12.9. The third-order valence-electron chi connectivity index (χ3n) is 4.03. The van der Waals surface area contributed by atoms with E-state index in [-0.39, 0.29) is 11.9 Å². The maximum absolute atomic E-state index is 12.9. The lowest BCUT2D eigenvalue weighted by Crippen LogP contribution is -2.31. The summed E-state index contributed by atoms with van der Waals surface area (Å²) < 4.78 is 13.0. The van der Waals surface area contributed by atoms with Gasteiger partial charge in [0.15, 0.2) is 11.5 Å². The van der Waals surface area contributed by atoms with Crippen molar-refractivity contribution in [3.05, 3.63) is 64.4 Å². The predicted molar refractivity (Wildman–Crippen MR) is 94.3 cm³/mol. The number of aryl methyl sites for hydroxylation is 1. The van der Waals surface area contributed by atoms with E-state index < -0.39 is 0 Å². The van der Waals surface area contributed by atoms with Gasteiger partial charge in [0.05, 0.1) is 0 Å². The number of thiophene rings is 1. The van der Waals surface area contributed by atoms with Crippen molar-refractivity contribution >= 4 is 17.2 Å². The van der Waals surface area contributed by atoms with Crippen molar-refractivity contribution in [2.45, 2.75) is 6.04 Å². The Morgan fingerprint density at radius 1 is 1.28 bits per heavy atom. The van der Waals surface area contributed by atoms with Crippen molar-refractivity contribution in [3.63, 3.8) is 0 Å². The first-order chi connectivity index (χ1) is 12.2. The van der Waals surface area contributed by atoms with Crippen LogP contribution in [0.1, 0.15) is 27.1 Å². The first kappa shape index (κ1) is 15.7. The topological polar surface area (TPSA) is 65.4 Å². The smallest absolute Gasteiger partial charge is 0.266 e. The number of amides is 1. The van der Waals surface area contributed by atoms with Crippen molar-refractivity contribution in [2.24, 2.45) is 7.05 Å². The Balaban J connectivity index is 1.66. The minimum atomic E-state index is -0.351. The third kappa shape index (κ3) is 2.98. The van der Waals surface area contributed by atoms with E-state index >= 15 is 0 Å². The van der Waals surface area contributed by atoms with Gasteiger partial charge in [0.2, 0.25) is 0 Å². The normalized spacial score (nSPS) is 14.1. The van der Waals surface area contributed by atoms with Gasteiger partial charge in [-0.3, -0.25) is 4.79 Å². The lowest BCUT2D eigenvalue weighted by molar-refractivity contribution is 0.0936. The Morgan fingerprint density at radius 2 is 2.08 bits per heavy atom. The fourth-order valence-corrected chi connectivity index (χ4v) is 3.65. The number of nitrogens with one attached hydrogen (secondary N) is 1. The number of hydrogen-bond donors (Lipinski definition) is 1. The monoisotopic (exact) mass is 355 g/mol. The van der Waals surface area contributed by atoms with Gasteiger partial charge in [0.25, 0.3) is 5.91 Å². The molecular weight excluding hydrogens is 338 g/mol. The fraction of sp³-hybridized carbons (Fsp3) is 0.222. The summed E-state index contributed by atoms with van der Waals surface area (Å²) in [6.45, 7) is 0.955. The highest BCUT2D eigenvalue weighted by molar-refractivity contribution is 7.12. The van der Waals surface area contributed by atoms with Crippen LogP contribution < -0.4 is 14.8 Å². The van der Waals surface area contributed by atoms with E-state index in [1.54, 1.807) is 6.20 Å². The van der Waals surface area contributed by atoms with Crippen LogP contribution in [0.5, 0.6) is 11.5 Å². The van der Waals surface area contributed by atoms with Crippen molar-refractivity contribution in [1.82, 2.24) is 14.9 Å². The van der Waals surface area contributed by atoms with Gasteiger partial charge in [-0.05, 0) is 5.56 Å². The Morgan fingerprint density at radius 3 is 2.84 bits per heavy atom. The summed E-state index contributed by atoms with van der Waals surface area (Å²) in [5.41, 5.74) is 0.966. The number of hydrogen-bond acceptors (Lipinski definition) is 5. The van der Waals surface area contributed by atoms with Gasteiger partial charge >= 0.3 is 0 Å². The summed E-state index contributed by atoms with van der Waals surface area (Å²) in [7, 11) is 1.91. The third-order valence-corrected chi connectivity index (χ3v) is 4.97. The molecule has 0 saturated carbocycles. The van der Waals surface area contributed by atoms with Crippen LogP contribution in [-0.4, -0.2) is 28.7 Å². The average molecular weight is 355 g/mol. The zero-order chi connectivity index (χ0) is 17.2. The highest BCUT2D eigenvalue weighted by Crippen LogP contribution is 2.39. The molecule has 25 heavy (non-hydrogen) atoms. The highest BCUT2D eigenvalue weighted by atomic mass is 32.1. The minimum absolute atomic E-state index is 0.200. The molecule has 1 aliphatic heterocycles.